The number of carbonyl (C=O) groups is 1. The second-order valence-electron chi connectivity index (χ2n) is 5.13. The van der Waals surface area contributed by atoms with Gasteiger partial charge in [-0.05, 0) is 24.5 Å². The Morgan fingerprint density at radius 2 is 2.10 bits per heavy atom. The monoisotopic (exact) mass is 315 g/mol. The molecule has 21 heavy (non-hydrogen) atoms. The molecule has 1 aliphatic heterocycles. The van der Waals surface area contributed by atoms with E-state index in [0.29, 0.717) is 5.75 Å². The van der Waals surface area contributed by atoms with Gasteiger partial charge in [-0.25, -0.2) is 8.42 Å². The summed E-state index contributed by atoms with van der Waals surface area (Å²) in [6.45, 7) is 3.58. The SMILES string of the molecule is CC(C)CC(NS(=O)(=O)c1cccc2c1OCO2)C(=O)O. The third-order valence-electron chi connectivity index (χ3n) is 2.95. The van der Waals surface area contributed by atoms with Crippen LogP contribution >= 0.6 is 0 Å². The number of hydrogen-bond donors (Lipinski definition) is 2. The van der Waals surface area contributed by atoms with E-state index < -0.39 is 22.0 Å². The van der Waals surface area contributed by atoms with Crippen molar-refractivity contribution in [3.8, 4) is 11.5 Å². The van der Waals surface area contributed by atoms with Crippen LogP contribution in [0, 0.1) is 5.92 Å². The van der Waals surface area contributed by atoms with Crippen LogP contribution < -0.4 is 14.2 Å². The molecule has 2 N–H and O–H groups in total. The fraction of sp³-hybridized carbons (Fsp3) is 0.462. The van der Waals surface area contributed by atoms with Gasteiger partial charge in [-0.2, -0.15) is 4.72 Å². The van der Waals surface area contributed by atoms with Crippen LogP contribution in [-0.4, -0.2) is 32.3 Å². The van der Waals surface area contributed by atoms with E-state index in [9.17, 15) is 13.2 Å². The summed E-state index contributed by atoms with van der Waals surface area (Å²) in [7, 11) is -4.01. The normalized spacial score (nSPS) is 15.2. The van der Waals surface area contributed by atoms with Gasteiger partial charge in [-0.15, -0.1) is 0 Å². The molecule has 0 fully saturated rings. The maximum absolute atomic E-state index is 12.4. The third-order valence-corrected chi connectivity index (χ3v) is 4.45. The van der Waals surface area contributed by atoms with Crippen molar-refractivity contribution in [3.63, 3.8) is 0 Å². The first kappa shape index (κ1) is 15.6. The molecule has 1 heterocycles. The number of aliphatic carboxylic acids is 1. The Morgan fingerprint density at radius 3 is 2.71 bits per heavy atom. The topological polar surface area (TPSA) is 102 Å². The van der Waals surface area contributed by atoms with Gasteiger partial charge in [0.2, 0.25) is 16.8 Å². The molecule has 0 amide bonds. The molecule has 0 aliphatic carbocycles. The van der Waals surface area contributed by atoms with Gasteiger partial charge in [-0.1, -0.05) is 19.9 Å². The van der Waals surface area contributed by atoms with Crippen molar-refractivity contribution in [2.45, 2.75) is 31.2 Å². The second-order valence-corrected chi connectivity index (χ2v) is 6.81. The average Bonchev–Trinajstić information content (AvgIpc) is 2.84. The number of fused-ring (bicyclic) bond motifs is 1. The lowest BCUT2D eigenvalue weighted by Gasteiger charge is -2.17. The van der Waals surface area contributed by atoms with Gasteiger partial charge >= 0.3 is 5.97 Å². The van der Waals surface area contributed by atoms with E-state index in [1.807, 2.05) is 13.8 Å². The summed E-state index contributed by atoms with van der Waals surface area (Å²) in [6, 6.07) is 3.27. The van der Waals surface area contributed by atoms with E-state index in [-0.39, 0.29) is 29.8 Å². The predicted octanol–water partition coefficient (Wildman–Crippen LogP) is 1.19. The molecule has 1 atom stereocenters. The third kappa shape index (κ3) is 3.45. The van der Waals surface area contributed by atoms with E-state index >= 15 is 0 Å². The number of carboxylic acid groups (broad SMARTS) is 1. The highest BCUT2D eigenvalue weighted by molar-refractivity contribution is 7.89. The van der Waals surface area contributed by atoms with Crippen molar-refractivity contribution in [2.75, 3.05) is 6.79 Å². The molecule has 2 rings (SSSR count). The van der Waals surface area contributed by atoms with Gasteiger partial charge in [0.15, 0.2) is 11.5 Å². The molecule has 0 radical (unpaired) electrons. The molecule has 116 valence electrons. The van der Waals surface area contributed by atoms with Crippen molar-refractivity contribution in [2.24, 2.45) is 5.92 Å². The molecule has 1 aromatic carbocycles. The number of para-hydroxylation sites is 1. The molecule has 1 unspecified atom stereocenters. The largest absolute Gasteiger partial charge is 0.480 e. The molecule has 8 heteroatoms. The smallest absolute Gasteiger partial charge is 0.321 e. The average molecular weight is 315 g/mol. The molecule has 0 saturated carbocycles. The Labute approximate surface area is 122 Å². The number of nitrogens with one attached hydrogen (secondary N) is 1. The molecular weight excluding hydrogens is 298 g/mol. The Bertz CT molecular complexity index is 640. The minimum Gasteiger partial charge on any atom is -0.480 e. The minimum atomic E-state index is -4.01. The van der Waals surface area contributed by atoms with Gasteiger partial charge in [0.25, 0.3) is 0 Å². The summed E-state index contributed by atoms with van der Waals surface area (Å²) in [5, 5.41) is 9.14. The highest BCUT2D eigenvalue weighted by Gasteiger charge is 2.31. The van der Waals surface area contributed by atoms with Crippen molar-refractivity contribution in [1.29, 1.82) is 0 Å². The minimum absolute atomic E-state index is 0.0369. The number of carboxylic acids is 1. The molecule has 7 nitrogen and oxygen atoms in total. The van der Waals surface area contributed by atoms with E-state index in [0.717, 1.165) is 0 Å². The maximum Gasteiger partial charge on any atom is 0.321 e. The summed E-state index contributed by atoms with van der Waals surface area (Å²) in [4.78, 5) is 11.1. The molecule has 1 aromatic rings. The van der Waals surface area contributed by atoms with Crippen LogP contribution in [-0.2, 0) is 14.8 Å². The van der Waals surface area contributed by atoms with E-state index in [4.69, 9.17) is 14.6 Å². The first-order valence-electron chi connectivity index (χ1n) is 6.45. The molecule has 1 aliphatic rings. The zero-order valence-corrected chi connectivity index (χ0v) is 12.5. The lowest BCUT2D eigenvalue weighted by atomic mass is 10.1. The van der Waals surface area contributed by atoms with Gasteiger partial charge in [0.05, 0.1) is 0 Å². The number of benzene rings is 1. The summed E-state index contributed by atoms with van der Waals surface area (Å²) < 4.78 is 37.2. The summed E-state index contributed by atoms with van der Waals surface area (Å²) >= 11 is 0. The zero-order valence-electron chi connectivity index (χ0n) is 11.7. The lowest BCUT2D eigenvalue weighted by Crippen LogP contribution is -2.41. The van der Waals surface area contributed by atoms with Crippen molar-refractivity contribution in [3.05, 3.63) is 18.2 Å². The van der Waals surface area contributed by atoms with Crippen LogP contribution in [0.5, 0.6) is 11.5 Å². The first-order chi connectivity index (χ1) is 9.81. The Kier molecular flexibility index (Phi) is 4.38. The van der Waals surface area contributed by atoms with Gasteiger partial charge in [-0.3, -0.25) is 4.79 Å². The van der Waals surface area contributed by atoms with Crippen LogP contribution in [0.25, 0.3) is 0 Å². The lowest BCUT2D eigenvalue weighted by molar-refractivity contribution is -0.139. The van der Waals surface area contributed by atoms with Gasteiger partial charge in [0, 0.05) is 0 Å². The van der Waals surface area contributed by atoms with Gasteiger partial charge < -0.3 is 14.6 Å². The van der Waals surface area contributed by atoms with Crippen LogP contribution in [0.15, 0.2) is 23.1 Å². The molecule has 0 bridgehead atoms. The highest BCUT2D eigenvalue weighted by atomic mass is 32.2. The van der Waals surface area contributed by atoms with E-state index in [1.54, 1.807) is 6.07 Å². The zero-order chi connectivity index (χ0) is 15.6. The number of sulfonamides is 1. The molecule has 0 spiro atoms. The Hall–Kier alpha value is -1.80. The Balaban J connectivity index is 2.30. The predicted molar refractivity (Wildman–Crippen MR) is 73.8 cm³/mol. The molecular formula is C13H17NO6S. The van der Waals surface area contributed by atoms with Crippen LogP contribution in [0.3, 0.4) is 0 Å². The van der Waals surface area contributed by atoms with E-state index in [1.165, 1.54) is 12.1 Å². The highest BCUT2D eigenvalue weighted by Crippen LogP contribution is 2.37. The number of rotatable bonds is 6. The van der Waals surface area contributed by atoms with Crippen molar-refractivity contribution in [1.82, 2.24) is 4.72 Å². The molecule has 0 aromatic heterocycles. The van der Waals surface area contributed by atoms with Crippen molar-refractivity contribution < 1.29 is 27.8 Å². The maximum atomic E-state index is 12.4. The summed E-state index contributed by atoms with van der Waals surface area (Å²) in [6.07, 6.45) is 0.195. The summed E-state index contributed by atoms with van der Waals surface area (Å²) in [5.74, 6) is -0.737. The standard InChI is InChI=1S/C13H17NO6S/c1-8(2)6-9(13(15)16)14-21(17,18)11-5-3-4-10-12(11)20-7-19-10/h3-5,8-9,14H,6-7H2,1-2H3,(H,15,16). The second kappa shape index (κ2) is 5.90. The summed E-state index contributed by atoms with van der Waals surface area (Å²) in [5.41, 5.74) is 0. The first-order valence-corrected chi connectivity index (χ1v) is 7.93. The fourth-order valence-electron chi connectivity index (χ4n) is 2.04. The van der Waals surface area contributed by atoms with Crippen LogP contribution in [0.1, 0.15) is 20.3 Å². The molecule has 0 saturated heterocycles. The number of ether oxygens (including phenoxy) is 2. The van der Waals surface area contributed by atoms with E-state index in [2.05, 4.69) is 4.72 Å². The number of hydrogen-bond acceptors (Lipinski definition) is 5. The van der Waals surface area contributed by atoms with Crippen LogP contribution in [0.4, 0.5) is 0 Å². The van der Waals surface area contributed by atoms with Gasteiger partial charge in [0.1, 0.15) is 10.9 Å². The quantitative estimate of drug-likeness (QED) is 0.817. The van der Waals surface area contributed by atoms with Crippen molar-refractivity contribution >= 4 is 16.0 Å². The Morgan fingerprint density at radius 1 is 1.38 bits per heavy atom. The fourth-order valence-corrected chi connectivity index (χ4v) is 3.40. The van der Waals surface area contributed by atoms with Crippen LogP contribution in [0.2, 0.25) is 0 Å².